The quantitative estimate of drug-likeness (QED) is 0.481. The molecule has 1 aromatic heterocycles. The topological polar surface area (TPSA) is 51.2 Å². The predicted molar refractivity (Wildman–Crippen MR) is 83.1 cm³/mol. The van der Waals surface area contributed by atoms with E-state index in [2.05, 4.69) is 22.9 Å². The minimum Gasteiger partial charge on any atom is -0.462 e. The Bertz CT molecular complexity index is 574. The number of anilines is 1. The van der Waals surface area contributed by atoms with E-state index in [0.29, 0.717) is 12.2 Å². The van der Waals surface area contributed by atoms with E-state index in [0.717, 1.165) is 30.0 Å². The number of rotatable bonds is 7. The molecule has 1 heterocycles. The lowest BCUT2D eigenvalue weighted by molar-refractivity contribution is -0.139. The molecule has 0 aliphatic heterocycles. The molecular formula is C15H18N2O2S. The highest BCUT2D eigenvalue weighted by molar-refractivity contribution is 7.22. The number of hydrogen-bond acceptors (Lipinski definition) is 5. The number of aromatic nitrogens is 1. The van der Waals surface area contributed by atoms with Crippen molar-refractivity contribution in [2.45, 2.75) is 19.8 Å². The number of benzene rings is 1. The average molecular weight is 290 g/mol. The van der Waals surface area contributed by atoms with Crippen LogP contribution in [0.5, 0.6) is 0 Å². The van der Waals surface area contributed by atoms with Gasteiger partial charge in [-0.2, -0.15) is 0 Å². The lowest BCUT2D eigenvalue weighted by Crippen LogP contribution is -2.08. The van der Waals surface area contributed by atoms with Gasteiger partial charge < -0.3 is 10.1 Å². The van der Waals surface area contributed by atoms with Gasteiger partial charge >= 0.3 is 5.97 Å². The van der Waals surface area contributed by atoms with Crippen molar-refractivity contribution in [1.82, 2.24) is 4.98 Å². The fourth-order valence-corrected chi connectivity index (χ4v) is 2.55. The van der Waals surface area contributed by atoms with Gasteiger partial charge in [-0.05, 0) is 31.9 Å². The van der Waals surface area contributed by atoms with Crippen LogP contribution in [-0.2, 0) is 9.53 Å². The summed E-state index contributed by atoms with van der Waals surface area (Å²) < 4.78 is 6.21. The van der Waals surface area contributed by atoms with Crippen LogP contribution >= 0.6 is 11.3 Å². The van der Waals surface area contributed by atoms with Crippen LogP contribution in [0, 0.1) is 0 Å². The molecule has 2 aromatic rings. The SMILES string of the molecule is C=C(C)C(=O)OCCCCNc1nc2ccccc2s1. The zero-order valence-electron chi connectivity index (χ0n) is 11.5. The number of carbonyl (C=O) groups excluding carboxylic acids is 1. The van der Waals surface area contributed by atoms with Gasteiger partial charge in [0.05, 0.1) is 16.8 Å². The molecule has 4 nitrogen and oxygen atoms in total. The molecule has 0 saturated heterocycles. The van der Waals surface area contributed by atoms with E-state index in [1.807, 2.05) is 18.2 Å². The first-order valence-electron chi connectivity index (χ1n) is 6.59. The van der Waals surface area contributed by atoms with Crippen molar-refractivity contribution in [2.24, 2.45) is 0 Å². The number of hydrogen-bond donors (Lipinski definition) is 1. The predicted octanol–water partition coefficient (Wildman–Crippen LogP) is 3.61. The van der Waals surface area contributed by atoms with Crippen molar-refractivity contribution < 1.29 is 9.53 Å². The first-order valence-corrected chi connectivity index (χ1v) is 7.40. The number of ether oxygens (including phenoxy) is 1. The lowest BCUT2D eigenvalue weighted by atomic mass is 10.3. The van der Waals surface area contributed by atoms with Crippen molar-refractivity contribution >= 4 is 32.7 Å². The third-order valence-corrected chi connectivity index (χ3v) is 3.72. The Morgan fingerprint density at radius 1 is 1.40 bits per heavy atom. The van der Waals surface area contributed by atoms with Gasteiger partial charge in [0.15, 0.2) is 5.13 Å². The fraction of sp³-hybridized carbons (Fsp3) is 0.333. The molecule has 2 rings (SSSR count). The summed E-state index contributed by atoms with van der Waals surface area (Å²) in [5.74, 6) is -0.316. The van der Waals surface area contributed by atoms with E-state index in [1.165, 1.54) is 4.70 Å². The lowest BCUT2D eigenvalue weighted by Gasteiger charge is -2.04. The molecule has 0 saturated carbocycles. The number of para-hydroxylation sites is 1. The maximum atomic E-state index is 11.2. The van der Waals surface area contributed by atoms with Crippen LogP contribution in [0.2, 0.25) is 0 Å². The highest BCUT2D eigenvalue weighted by Gasteiger charge is 2.03. The maximum Gasteiger partial charge on any atom is 0.333 e. The number of thiazole rings is 1. The maximum absolute atomic E-state index is 11.2. The molecule has 0 unspecified atom stereocenters. The first kappa shape index (κ1) is 14.5. The highest BCUT2D eigenvalue weighted by Crippen LogP contribution is 2.25. The van der Waals surface area contributed by atoms with Gasteiger partial charge in [0, 0.05) is 12.1 Å². The van der Waals surface area contributed by atoms with Gasteiger partial charge in [0.25, 0.3) is 0 Å². The van der Waals surface area contributed by atoms with Crippen LogP contribution in [0.4, 0.5) is 5.13 Å². The number of nitrogens with zero attached hydrogens (tertiary/aromatic N) is 1. The van der Waals surface area contributed by atoms with Crippen molar-refractivity contribution in [3.8, 4) is 0 Å². The van der Waals surface area contributed by atoms with E-state index in [4.69, 9.17) is 4.74 Å². The third-order valence-electron chi connectivity index (χ3n) is 2.72. The fourth-order valence-electron chi connectivity index (χ4n) is 1.66. The molecule has 0 amide bonds. The van der Waals surface area contributed by atoms with Crippen LogP contribution in [0.3, 0.4) is 0 Å². The average Bonchev–Trinajstić information content (AvgIpc) is 2.84. The van der Waals surface area contributed by atoms with E-state index in [9.17, 15) is 4.79 Å². The van der Waals surface area contributed by atoms with E-state index in [1.54, 1.807) is 18.3 Å². The zero-order valence-corrected chi connectivity index (χ0v) is 12.3. The van der Waals surface area contributed by atoms with Crippen molar-refractivity contribution in [2.75, 3.05) is 18.5 Å². The Balaban J connectivity index is 1.66. The largest absolute Gasteiger partial charge is 0.462 e. The van der Waals surface area contributed by atoms with Gasteiger partial charge in [-0.3, -0.25) is 0 Å². The number of nitrogens with one attached hydrogen (secondary N) is 1. The van der Waals surface area contributed by atoms with E-state index >= 15 is 0 Å². The normalized spacial score (nSPS) is 10.4. The number of fused-ring (bicyclic) bond motifs is 1. The molecule has 0 aliphatic rings. The molecule has 0 spiro atoms. The Labute approximate surface area is 122 Å². The van der Waals surface area contributed by atoms with Gasteiger partial charge in [0.1, 0.15) is 0 Å². The van der Waals surface area contributed by atoms with Crippen LogP contribution in [-0.4, -0.2) is 24.1 Å². The Kier molecular flexibility index (Phi) is 5.12. The monoisotopic (exact) mass is 290 g/mol. The summed E-state index contributed by atoms with van der Waals surface area (Å²) >= 11 is 1.65. The molecule has 1 aromatic carbocycles. The number of esters is 1. The number of carbonyl (C=O) groups is 1. The second-order valence-electron chi connectivity index (χ2n) is 4.54. The summed E-state index contributed by atoms with van der Waals surface area (Å²) in [5, 5.41) is 4.23. The summed E-state index contributed by atoms with van der Waals surface area (Å²) in [6.45, 7) is 6.45. The molecule has 5 heteroatoms. The molecule has 106 valence electrons. The summed E-state index contributed by atoms with van der Waals surface area (Å²) in [4.78, 5) is 15.6. The van der Waals surface area contributed by atoms with Crippen LogP contribution in [0.25, 0.3) is 10.2 Å². The molecule has 0 radical (unpaired) electrons. The molecule has 0 aliphatic carbocycles. The standard InChI is InChI=1S/C15H18N2O2S/c1-11(2)14(18)19-10-6-5-9-16-15-17-12-7-3-4-8-13(12)20-15/h3-4,7-8H,1,5-6,9-10H2,2H3,(H,16,17). The third kappa shape index (κ3) is 4.06. The summed E-state index contributed by atoms with van der Waals surface area (Å²) in [5.41, 5.74) is 1.47. The first-order chi connectivity index (χ1) is 9.66. The van der Waals surface area contributed by atoms with Crippen LogP contribution < -0.4 is 5.32 Å². The van der Waals surface area contributed by atoms with Gasteiger partial charge in [-0.15, -0.1) is 0 Å². The van der Waals surface area contributed by atoms with E-state index in [-0.39, 0.29) is 5.97 Å². The van der Waals surface area contributed by atoms with E-state index < -0.39 is 0 Å². The minimum absolute atomic E-state index is 0.316. The van der Waals surface area contributed by atoms with Gasteiger partial charge in [-0.25, -0.2) is 9.78 Å². The Morgan fingerprint density at radius 3 is 2.95 bits per heavy atom. The molecule has 0 fully saturated rings. The molecular weight excluding hydrogens is 272 g/mol. The van der Waals surface area contributed by atoms with Gasteiger partial charge in [-0.1, -0.05) is 30.0 Å². The summed E-state index contributed by atoms with van der Waals surface area (Å²) in [7, 11) is 0. The molecule has 20 heavy (non-hydrogen) atoms. The molecule has 1 N–H and O–H groups in total. The van der Waals surface area contributed by atoms with Crippen molar-refractivity contribution in [1.29, 1.82) is 0 Å². The van der Waals surface area contributed by atoms with Crippen LogP contribution in [0.15, 0.2) is 36.4 Å². The van der Waals surface area contributed by atoms with Crippen molar-refractivity contribution in [3.05, 3.63) is 36.4 Å². The molecule has 0 bridgehead atoms. The minimum atomic E-state index is -0.316. The summed E-state index contributed by atoms with van der Waals surface area (Å²) in [6.07, 6.45) is 1.76. The smallest absolute Gasteiger partial charge is 0.333 e. The second-order valence-corrected chi connectivity index (χ2v) is 5.57. The highest BCUT2D eigenvalue weighted by atomic mass is 32.1. The Hall–Kier alpha value is -1.88. The Morgan fingerprint density at radius 2 is 2.20 bits per heavy atom. The van der Waals surface area contributed by atoms with Crippen LogP contribution in [0.1, 0.15) is 19.8 Å². The summed E-state index contributed by atoms with van der Waals surface area (Å²) in [6, 6.07) is 8.07. The number of unbranched alkanes of at least 4 members (excludes halogenated alkanes) is 1. The zero-order chi connectivity index (χ0) is 14.4. The van der Waals surface area contributed by atoms with Gasteiger partial charge in [0.2, 0.25) is 0 Å². The second kappa shape index (κ2) is 7.05. The molecule has 0 atom stereocenters. The van der Waals surface area contributed by atoms with Crippen molar-refractivity contribution in [3.63, 3.8) is 0 Å².